The third-order valence-electron chi connectivity index (χ3n) is 2.84. The minimum atomic E-state index is -1.04. The van der Waals surface area contributed by atoms with Crippen LogP contribution in [0, 0.1) is 5.92 Å². The summed E-state index contributed by atoms with van der Waals surface area (Å²) >= 11 is 0. The van der Waals surface area contributed by atoms with Gasteiger partial charge in [-0.15, -0.1) is 0 Å². The first kappa shape index (κ1) is 15.0. The fourth-order valence-electron chi connectivity index (χ4n) is 1.65. The number of nitrogens with one attached hydrogen (secondary N) is 2. The van der Waals surface area contributed by atoms with Gasteiger partial charge in [-0.05, 0) is 30.0 Å². The van der Waals surface area contributed by atoms with E-state index in [1.807, 2.05) is 12.1 Å². The fraction of sp³-hybridized carbons (Fsp3) is 0.429. The van der Waals surface area contributed by atoms with E-state index in [0.29, 0.717) is 5.69 Å². The van der Waals surface area contributed by atoms with Gasteiger partial charge in [-0.25, -0.2) is 9.59 Å². The molecule has 1 aromatic rings. The zero-order chi connectivity index (χ0) is 14.4. The Morgan fingerprint density at radius 1 is 1.21 bits per heavy atom. The summed E-state index contributed by atoms with van der Waals surface area (Å²) in [4.78, 5) is 22.7. The Labute approximate surface area is 113 Å². The van der Waals surface area contributed by atoms with E-state index in [-0.39, 0.29) is 5.92 Å². The van der Waals surface area contributed by atoms with Crippen molar-refractivity contribution in [3.63, 3.8) is 0 Å². The first-order valence-electron chi connectivity index (χ1n) is 6.33. The lowest BCUT2D eigenvalue weighted by molar-refractivity contribution is -0.140. The van der Waals surface area contributed by atoms with Crippen LogP contribution in [0.15, 0.2) is 24.3 Å². The number of rotatable bonds is 5. The van der Waals surface area contributed by atoms with Crippen molar-refractivity contribution < 1.29 is 14.7 Å². The van der Waals surface area contributed by atoms with E-state index in [0.717, 1.165) is 6.42 Å². The molecule has 3 N–H and O–H groups in total. The summed E-state index contributed by atoms with van der Waals surface area (Å²) in [5.41, 5.74) is 1.82. The van der Waals surface area contributed by atoms with E-state index in [1.54, 1.807) is 26.0 Å². The normalized spacial score (nSPS) is 12.0. The van der Waals surface area contributed by atoms with E-state index >= 15 is 0 Å². The van der Waals surface area contributed by atoms with Gasteiger partial charge in [-0.1, -0.05) is 32.9 Å². The maximum absolute atomic E-state index is 11.7. The van der Waals surface area contributed by atoms with Gasteiger partial charge in [0.1, 0.15) is 6.04 Å². The number of aryl methyl sites for hydroxylation is 1. The van der Waals surface area contributed by atoms with Crippen molar-refractivity contribution in [1.82, 2.24) is 5.32 Å². The molecule has 0 radical (unpaired) electrons. The van der Waals surface area contributed by atoms with Crippen LogP contribution in [0.2, 0.25) is 0 Å². The van der Waals surface area contributed by atoms with Crippen molar-refractivity contribution in [3.8, 4) is 0 Å². The van der Waals surface area contributed by atoms with Gasteiger partial charge in [0.15, 0.2) is 0 Å². The fourth-order valence-corrected chi connectivity index (χ4v) is 1.65. The molecule has 1 atom stereocenters. The van der Waals surface area contributed by atoms with Crippen molar-refractivity contribution in [3.05, 3.63) is 29.8 Å². The molecule has 1 aromatic carbocycles. The van der Waals surface area contributed by atoms with Crippen LogP contribution in [-0.2, 0) is 11.2 Å². The van der Waals surface area contributed by atoms with Crippen molar-refractivity contribution in [1.29, 1.82) is 0 Å². The van der Waals surface area contributed by atoms with Crippen molar-refractivity contribution >= 4 is 17.7 Å². The summed E-state index contributed by atoms with van der Waals surface area (Å²) in [6, 6.07) is 6.03. The number of carboxylic acids is 1. The Morgan fingerprint density at radius 3 is 2.21 bits per heavy atom. The number of hydrogen-bond acceptors (Lipinski definition) is 2. The Morgan fingerprint density at radius 2 is 1.79 bits per heavy atom. The SMILES string of the molecule is CCc1ccc(NC(=O)N[C@H](C(=O)O)C(C)C)cc1. The van der Waals surface area contributed by atoms with Crippen molar-refractivity contribution in [2.24, 2.45) is 5.92 Å². The average Bonchev–Trinajstić information content (AvgIpc) is 2.36. The highest BCUT2D eigenvalue weighted by Gasteiger charge is 2.23. The molecule has 0 fully saturated rings. The quantitative estimate of drug-likeness (QED) is 0.764. The second-order valence-electron chi connectivity index (χ2n) is 4.71. The third kappa shape index (κ3) is 4.62. The number of aliphatic carboxylic acids is 1. The van der Waals surface area contributed by atoms with Crippen LogP contribution in [-0.4, -0.2) is 23.1 Å². The summed E-state index contributed by atoms with van der Waals surface area (Å²) in [6.45, 7) is 5.54. The van der Waals surface area contributed by atoms with Crippen LogP contribution < -0.4 is 10.6 Å². The van der Waals surface area contributed by atoms with Gasteiger partial charge in [0.05, 0.1) is 0 Å². The average molecular weight is 264 g/mol. The Kier molecular flexibility index (Phi) is 5.36. The molecule has 19 heavy (non-hydrogen) atoms. The summed E-state index contributed by atoms with van der Waals surface area (Å²) in [6.07, 6.45) is 0.931. The first-order valence-corrected chi connectivity index (χ1v) is 6.33. The molecule has 104 valence electrons. The third-order valence-corrected chi connectivity index (χ3v) is 2.84. The molecule has 0 aliphatic heterocycles. The summed E-state index contributed by atoms with van der Waals surface area (Å²) in [7, 11) is 0. The van der Waals surface area contributed by atoms with E-state index in [4.69, 9.17) is 5.11 Å². The standard InChI is InChI=1S/C14H20N2O3/c1-4-10-5-7-11(8-6-10)15-14(19)16-12(9(2)3)13(17)18/h5-9,12H,4H2,1-3H3,(H,17,18)(H2,15,16,19)/t12-/m0/s1. The van der Waals surface area contributed by atoms with Crippen LogP contribution in [0.5, 0.6) is 0 Å². The molecule has 0 saturated heterocycles. The zero-order valence-electron chi connectivity index (χ0n) is 11.4. The lowest BCUT2D eigenvalue weighted by Crippen LogP contribution is -2.46. The predicted molar refractivity (Wildman–Crippen MR) is 74.2 cm³/mol. The molecule has 0 bridgehead atoms. The molecular formula is C14H20N2O3. The van der Waals surface area contributed by atoms with Crippen molar-refractivity contribution in [2.45, 2.75) is 33.2 Å². The highest BCUT2D eigenvalue weighted by molar-refractivity contribution is 5.92. The Hall–Kier alpha value is -2.04. The molecule has 0 aromatic heterocycles. The largest absolute Gasteiger partial charge is 0.480 e. The molecule has 0 aliphatic rings. The van der Waals surface area contributed by atoms with Crippen LogP contribution in [0.3, 0.4) is 0 Å². The number of amides is 2. The molecular weight excluding hydrogens is 244 g/mol. The topological polar surface area (TPSA) is 78.4 Å². The van der Waals surface area contributed by atoms with E-state index in [1.165, 1.54) is 5.56 Å². The number of benzene rings is 1. The Bertz CT molecular complexity index is 441. The highest BCUT2D eigenvalue weighted by Crippen LogP contribution is 2.10. The lowest BCUT2D eigenvalue weighted by atomic mass is 10.1. The number of carbonyl (C=O) groups excluding carboxylic acids is 1. The lowest BCUT2D eigenvalue weighted by Gasteiger charge is -2.18. The van der Waals surface area contributed by atoms with Gasteiger partial charge in [-0.3, -0.25) is 0 Å². The number of carbonyl (C=O) groups is 2. The second kappa shape index (κ2) is 6.78. The van der Waals surface area contributed by atoms with Gasteiger partial charge < -0.3 is 15.7 Å². The summed E-state index contributed by atoms with van der Waals surface area (Å²) < 4.78 is 0. The zero-order valence-corrected chi connectivity index (χ0v) is 11.4. The van der Waals surface area contributed by atoms with E-state index in [2.05, 4.69) is 17.6 Å². The maximum Gasteiger partial charge on any atom is 0.326 e. The molecule has 0 spiro atoms. The number of hydrogen-bond donors (Lipinski definition) is 3. The number of urea groups is 1. The van der Waals surface area contributed by atoms with E-state index in [9.17, 15) is 9.59 Å². The van der Waals surface area contributed by atoms with Gasteiger partial charge in [0.25, 0.3) is 0 Å². The van der Waals surface area contributed by atoms with E-state index < -0.39 is 18.0 Å². The molecule has 0 unspecified atom stereocenters. The van der Waals surface area contributed by atoms with Crippen molar-refractivity contribution in [2.75, 3.05) is 5.32 Å². The highest BCUT2D eigenvalue weighted by atomic mass is 16.4. The van der Waals surface area contributed by atoms with Crippen LogP contribution in [0.4, 0.5) is 10.5 Å². The van der Waals surface area contributed by atoms with Crippen LogP contribution >= 0.6 is 0 Å². The molecule has 1 rings (SSSR count). The molecule has 5 nitrogen and oxygen atoms in total. The van der Waals surface area contributed by atoms with Crippen LogP contribution in [0.25, 0.3) is 0 Å². The van der Waals surface area contributed by atoms with Gasteiger partial charge in [0.2, 0.25) is 0 Å². The summed E-state index contributed by atoms with van der Waals surface area (Å²) in [5, 5.41) is 14.0. The maximum atomic E-state index is 11.7. The monoisotopic (exact) mass is 264 g/mol. The van der Waals surface area contributed by atoms with Gasteiger partial charge >= 0.3 is 12.0 Å². The van der Waals surface area contributed by atoms with Crippen LogP contribution in [0.1, 0.15) is 26.3 Å². The van der Waals surface area contributed by atoms with Gasteiger partial charge in [0, 0.05) is 5.69 Å². The smallest absolute Gasteiger partial charge is 0.326 e. The molecule has 0 saturated carbocycles. The Balaban J connectivity index is 2.61. The first-order chi connectivity index (χ1) is 8.93. The molecule has 2 amide bonds. The number of carboxylic acid groups (broad SMARTS) is 1. The predicted octanol–water partition coefficient (Wildman–Crippen LogP) is 2.48. The molecule has 0 aliphatic carbocycles. The molecule has 5 heteroatoms. The molecule has 0 heterocycles. The minimum Gasteiger partial charge on any atom is -0.480 e. The summed E-state index contributed by atoms with van der Waals surface area (Å²) in [5.74, 6) is -1.21. The second-order valence-corrected chi connectivity index (χ2v) is 4.71. The van der Waals surface area contributed by atoms with Gasteiger partial charge in [-0.2, -0.15) is 0 Å². The number of anilines is 1. The minimum absolute atomic E-state index is 0.175.